The zero-order chi connectivity index (χ0) is 17.9. The molecule has 7 nitrogen and oxygen atoms in total. The average molecular weight is 373 g/mol. The van der Waals surface area contributed by atoms with Crippen molar-refractivity contribution in [1.82, 2.24) is 10.3 Å². The fourth-order valence-electron chi connectivity index (χ4n) is 1.85. The third kappa shape index (κ3) is 6.76. The lowest BCUT2D eigenvalue weighted by molar-refractivity contribution is -0.118. The fourth-order valence-corrected chi connectivity index (χ4v) is 2.49. The Morgan fingerprint density at radius 2 is 2.00 bits per heavy atom. The van der Waals surface area contributed by atoms with Crippen LogP contribution in [-0.4, -0.2) is 47.4 Å². The van der Waals surface area contributed by atoms with Gasteiger partial charge in [0.15, 0.2) is 0 Å². The van der Waals surface area contributed by atoms with Crippen LogP contribution in [0.5, 0.6) is 0 Å². The standard InChI is InChI=1S/C15H21ClN4O3S/c1-11-3-5-12(6-4-11)17-14(21)13(7-10-24-2)18-15(22)20(19-23)9-8-16/h3-6,13H,7-10H2,1-2H3,(H,17,21)(H,18,22). The largest absolute Gasteiger partial charge is 0.341 e. The molecule has 1 unspecified atom stereocenters. The lowest BCUT2D eigenvalue weighted by atomic mass is 10.2. The van der Waals surface area contributed by atoms with Gasteiger partial charge >= 0.3 is 6.03 Å². The van der Waals surface area contributed by atoms with Crippen molar-refractivity contribution in [2.75, 3.05) is 29.8 Å². The molecule has 0 heterocycles. The molecule has 1 rings (SSSR count). The van der Waals surface area contributed by atoms with Gasteiger partial charge in [-0.25, -0.2) is 4.79 Å². The lowest BCUT2D eigenvalue weighted by Crippen LogP contribution is -2.48. The summed E-state index contributed by atoms with van der Waals surface area (Å²) in [4.78, 5) is 35.1. The molecular weight excluding hydrogens is 352 g/mol. The second-order valence-electron chi connectivity index (χ2n) is 5.03. The topological polar surface area (TPSA) is 90.9 Å². The van der Waals surface area contributed by atoms with E-state index >= 15 is 0 Å². The van der Waals surface area contributed by atoms with E-state index in [0.29, 0.717) is 22.9 Å². The smallest absolute Gasteiger partial charge is 0.325 e. The van der Waals surface area contributed by atoms with Crippen LogP contribution < -0.4 is 10.6 Å². The van der Waals surface area contributed by atoms with Gasteiger partial charge in [0.25, 0.3) is 0 Å². The van der Waals surface area contributed by atoms with Crippen LogP contribution in [-0.2, 0) is 4.79 Å². The Morgan fingerprint density at radius 3 is 2.54 bits per heavy atom. The molecule has 0 saturated heterocycles. The quantitative estimate of drug-likeness (QED) is 0.396. The Morgan fingerprint density at radius 1 is 1.33 bits per heavy atom. The summed E-state index contributed by atoms with van der Waals surface area (Å²) in [6.45, 7) is 1.93. The molecule has 0 aliphatic rings. The number of nitroso groups, excluding NO2 is 1. The van der Waals surface area contributed by atoms with E-state index in [2.05, 4.69) is 15.9 Å². The molecule has 24 heavy (non-hydrogen) atoms. The number of halogens is 1. The number of carbonyl (C=O) groups excluding carboxylic acids is 2. The van der Waals surface area contributed by atoms with Crippen molar-refractivity contribution in [3.63, 3.8) is 0 Å². The third-order valence-electron chi connectivity index (χ3n) is 3.17. The van der Waals surface area contributed by atoms with Crippen LogP contribution in [0.15, 0.2) is 29.6 Å². The first-order valence-corrected chi connectivity index (χ1v) is 9.28. The van der Waals surface area contributed by atoms with Crippen molar-refractivity contribution in [2.45, 2.75) is 19.4 Å². The molecule has 3 amide bonds. The number of carbonyl (C=O) groups is 2. The Balaban J connectivity index is 2.75. The van der Waals surface area contributed by atoms with Crippen LogP contribution in [0.2, 0.25) is 0 Å². The number of aryl methyl sites for hydroxylation is 1. The predicted molar refractivity (Wildman–Crippen MR) is 98.3 cm³/mol. The minimum absolute atomic E-state index is 0.0221. The zero-order valence-electron chi connectivity index (χ0n) is 13.6. The highest BCUT2D eigenvalue weighted by atomic mass is 35.5. The monoisotopic (exact) mass is 372 g/mol. The second-order valence-corrected chi connectivity index (χ2v) is 6.40. The van der Waals surface area contributed by atoms with Gasteiger partial charge in [-0.05, 0) is 37.5 Å². The van der Waals surface area contributed by atoms with Crippen molar-refractivity contribution < 1.29 is 9.59 Å². The maximum Gasteiger partial charge on any atom is 0.341 e. The average Bonchev–Trinajstić information content (AvgIpc) is 2.58. The van der Waals surface area contributed by atoms with Gasteiger partial charge in [-0.15, -0.1) is 16.5 Å². The van der Waals surface area contributed by atoms with Gasteiger partial charge in [0, 0.05) is 11.6 Å². The van der Waals surface area contributed by atoms with Gasteiger partial charge < -0.3 is 10.6 Å². The molecule has 0 fully saturated rings. The van der Waals surface area contributed by atoms with Gasteiger partial charge in [0.2, 0.25) is 5.91 Å². The summed E-state index contributed by atoms with van der Waals surface area (Å²) in [6.07, 6.45) is 2.34. The van der Waals surface area contributed by atoms with E-state index in [-0.39, 0.29) is 18.3 Å². The molecule has 9 heteroatoms. The zero-order valence-corrected chi connectivity index (χ0v) is 15.2. The summed E-state index contributed by atoms with van der Waals surface area (Å²) in [5.41, 5.74) is 1.72. The van der Waals surface area contributed by atoms with E-state index in [0.717, 1.165) is 5.56 Å². The van der Waals surface area contributed by atoms with Crippen molar-refractivity contribution >= 4 is 41.0 Å². The number of urea groups is 1. The molecule has 0 spiro atoms. The molecule has 2 N–H and O–H groups in total. The number of rotatable bonds is 9. The fraction of sp³-hybridized carbons (Fsp3) is 0.467. The van der Waals surface area contributed by atoms with Crippen LogP contribution >= 0.6 is 23.4 Å². The van der Waals surface area contributed by atoms with Crippen LogP contribution in [0.25, 0.3) is 0 Å². The minimum Gasteiger partial charge on any atom is -0.325 e. The lowest BCUT2D eigenvalue weighted by Gasteiger charge is -2.20. The Hall–Kier alpha value is -1.80. The van der Waals surface area contributed by atoms with Crippen LogP contribution in [0.1, 0.15) is 12.0 Å². The van der Waals surface area contributed by atoms with Crippen molar-refractivity contribution in [3.8, 4) is 0 Å². The SMILES string of the molecule is CSCCC(NC(=O)N(CCCl)N=O)C(=O)Nc1ccc(C)cc1. The summed E-state index contributed by atoms with van der Waals surface area (Å²) in [7, 11) is 0. The van der Waals surface area contributed by atoms with Crippen molar-refractivity contribution in [1.29, 1.82) is 0 Å². The van der Waals surface area contributed by atoms with Crippen LogP contribution in [0.4, 0.5) is 10.5 Å². The third-order valence-corrected chi connectivity index (χ3v) is 3.99. The second kappa shape index (κ2) is 10.9. The number of amides is 3. The Labute approximate surface area is 150 Å². The molecule has 1 aromatic rings. The molecule has 132 valence electrons. The van der Waals surface area contributed by atoms with Gasteiger partial charge in [0.05, 0.1) is 11.8 Å². The van der Waals surface area contributed by atoms with Gasteiger partial charge in [0.1, 0.15) is 6.04 Å². The van der Waals surface area contributed by atoms with Crippen LogP contribution in [0.3, 0.4) is 0 Å². The van der Waals surface area contributed by atoms with Crippen molar-refractivity contribution in [2.24, 2.45) is 5.29 Å². The molecule has 0 aliphatic carbocycles. The summed E-state index contributed by atoms with van der Waals surface area (Å²) >= 11 is 7.07. The molecule has 0 aliphatic heterocycles. The minimum atomic E-state index is -0.772. The van der Waals surface area contributed by atoms with E-state index in [4.69, 9.17) is 11.6 Å². The molecular formula is C15H21ClN4O3S. The maximum absolute atomic E-state index is 12.4. The highest BCUT2D eigenvalue weighted by molar-refractivity contribution is 7.98. The molecule has 1 atom stereocenters. The first-order valence-electron chi connectivity index (χ1n) is 7.35. The first-order chi connectivity index (χ1) is 11.5. The number of nitrogens with zero attached hydrogens (tertiary/aromatic N) is 2. The van der Waals surface area contributed by atoms with Gasteiger partial charge in [-0.1, -0.05) is 17.7 Å². The van der Waals surface area contributed by atoms with E-state index in [1.807, 2.05) is 25.3 Å². The Kier molecular flexibility index (Phi) is 9.18. The first kappa shape index (κ1) is 20.2. The number of hydrogen-bond acceptors (Lipinski definition) is 5. The van der Waals surface area contributed by atoms with E-state index < -0.39 is 12.1 Å². The predicted octanol–water partition coefficient (Wildman–Crippen LogP) is 2.99. The van der Waals surface area contributed by atoms with Gasteiger partial charge in [-0.2, -0.15) is 16.8 Å². The maximum atomic E-state index is 12.4. The van der Waals surface area contributed by atoms with Crippen molar-refractivity contribution in [3.05, 3.63) is 34.7 Å². The number of anilines is 1. The summed E-state index contributed by atoms with van der Waals surface area (Å²) in [6, 6.07) is 5.82. The molecule has 0 bridgehead atoms. The molecule has 0 radical (unpaired) electrons. The van der Waals surface area contributed by atoms with E-state index in [1.165, 1.54) is 0 Å². The number of thioether (sulfide) groups is 1. The number of hydrogen-bond donors (Lipinski definition) is 2. The number of nitrogens with one attached hydrogen (secondary N) is 2. The summed E-state index contributed by atoms with van der Waals surface area (Å²) < 4.78 is 0. The summed E-state index contributed by atoms with van der Waals surface area (Å²) in [5, 5.41) is 8.56. The normalized spacial score (nSPS) is 11.5. The van der Waals surface area contributed by atoms with E-state index in [9.17, 15) is 14.5 Å². The number of alkyl halides is 1. The highest BCUT2D eigenvalue weighted by Crippen LogP contribution is 2.11. The molecule has 0 aromatic heterocycles. The van der Waals surface area contributed by atoms with Gasteiger partial charge in [-0.3, -0.25) is 4.79 Å². The molecule has 0 saturated carbocycles. The molecule has 1 aromatic carbocycles. The Bertz CT molecular complexity index is 556. The van der Waals surface area contributed by atoms with Crippen LogP contribution in [0, 0.1) is 11.8 Å². The van der Waals surface area contributed by atoms with E-state index in [1.54, 1.807) is 23.9 Å². The number of benzene rings is 1. The highest BCUT2D eigenvalue weighted by Gasteiger charge is 2.24. The summed E-state index contributed by atoms with van der Waals surface area (Å²) in [5.74, 6) is 0.401.